The lowest BCUT2D eigenvalue weighted by molar-refractivity contribution is -0.141. The van der Waals surface area contributed by atoms with E-state index in [1.54, 1.807) is 18.2 Å². The zero-order valence-corrected chi connectivity index (χ0v) is 23.1. The van der Waals surface area contributed by atoms with Crippen molar-refractivity contribution in [3.63, 3.8) is 0 Å². The Morgan fingerprint density at radius 2 is 1.90 bits per heavy atom. The number of likely N-dealkylation sites (tertiary alicyclic amines) is 1. The average Bonchev–Trinajstić information content (AvgIpc) is 3.14. The summed E-state index contributed by atoms with van der Waals surface area (Å²) in [7, 11) is 0. The molecular weight excluding hydrogens is 498 g/mol. The third-order valence-corrected chi connectivity index (χ3v) is 8.09. The van der Waals surface area contributed by atoms with Crippen molar-refractivity contribution in [3.8, 4) is 5.75 Å². The van der Waals surface area contributed by atoms with Gasteiger partial charge in [-0.15, -0.1) is 0 Å². The van der Waals surface area contributed by atoms with Gasteiger partial charge in [0.25, 0.3) is 0 Å². The van der Waals surface area contributed by atoms with Crippen LogP contribution in [0, 0.1) is 17.8 Å². The molecule has 1 heterocycles. The van der Waals surface area contributed by atoms with Crippen LogP contribution in [0.5, 0.6) is 5.75 Å². The molecule has 39 heavy (non-hydrogen) atoms. The molecule has 4 atom stereocenters. The first kappa shape index (κ1) is 30.6. The normalized spacial score (nSPS) is 22.4. The number of phenolic OH excluding ortho intramolecular Hbond substituents is 1. The molecule has 0 radical (unpaired) electrons. The molecule has 0 unspecified atom stereocenters. The number of carboxylic acid groups (broad SMARTS) is 1. The first-order chi connectivity index (χ1) is 18.7. The molecule has 1 aliphatic heterocycles. The summed E-state index contributed by atoms with van der Waals surface area (Å²) in [6, 6.07) is 7.01. The van der Waals surface area contributed by atoms with E-state index in [0.29, 0.717) is 44.9 Å². The van der Waals surface area contributed by atoms with Crippen LogP contribution in [0.2, 0.25) is 0 Å². The molecule has 0 bridgehead atoms. The lowest BCUT2D eigenvalue weighted by atomic mass is 9.67. The Kier molecular flexibility index (Phi) is 11.3. The molecule has 3 rings (SSSR count). The zero-order chi connectivity index (χ0) is 28.5. The van der Waals surface area contributed by atoms with E-state index >= 15 is 0 Å². The van der Waals surface area contributed by atoms with Crippen LogP contribution in [0.3, 0.4) is 0 Å². The lowest BCUT2D eigenvalue weighted by Gasteiger charge is -2.36. The van der Waals surface area contributed by atoms with Crippen LogP contribution in [0.25, 0.3) is 6.08 Å². The van der Waals surface area contributed by atoms with Gasteiger partial charge in [0, 0.05) is 18.9 Å². The number of imide groups is 1. The fourth-order valence-corrected chi connectivity index (χ4v) is 6.19. The van der Waals surface area contributed by atoms with Crippen LogP contribution < -0.4 is 0 Å². The van der Waals surface area contributed by atoms with Crippen LogP contribution in [0.1, 0.15) is 83.6 Å². The highest BCUT2D eigenvalue weighted by Gasteiger charge is 2.54. The number of unbranched alkanes of at least 4 members (excludes halogenated alkanes) is 2. The van der Waals surface area contributed by atoms with Gasteiger partial charge in [-0.05, 0) is 68.2 Å². The summed E-state index contributed by atoms with van der Waals surface area (Å²) in [6.07, 6.45) is 6.68. The van der Waals surface area contributed by atoms with Crippen LogP contribution in [0.4, 0.5) is 0 Å². The van der Waals surface area contributed by atoms with Gasteiger partial charge in [-0.2, -0.15) is 0 Å². The van der Waals surface area contributed by atoms with Crippen molar-refractivity contribution in [1.82, 2.24) is 4.90 Å². The summed E-state index contributed by atoms with van der Waals surface area (Å²) in [4.78, 5) is 38.8. The molecule has 1 fully saturated rings. The molecule has 1 aromatic carbocycles. The maximum Gasteiger partial charge on any atom is 0.303 e. The second kappa shape index (κ2) is 14.4. The van der Waals surface area contributed by atoms with Gasteiger partial charge in [-0.3, -0.25) is 19.3 Å². The van der Waals surface area contributed by atoms with Crippen molar-refractivity contribution < 1.29 is 34.8 Å². The molecule has 1 aliphatic carbocycles. The van der Waals surface area contributed by atoms with Crippen LogP contribution in [-0.2, 0) is 14.4 Å². The van der Waals surface area contributed by atoms with Crippen molar-refractivity contribution in [1.29, 1.82) is 0 Å². The van der Waals surface area contributed by atoms with Crippen LogP contribution in [0.15, 0.2) is 41.0 Å². The minimum atomic E-state index is -0.860. The number of aliphatic hydroxyl groups is 2. The van der Waals surface area contributed by atoms with Gasteiger partial charge in [0.05, 0.1) is 24.5 Å². The van der Waals surface area contributed by atoms with Gasteiger partial charge in [-0.1, -0.05) is 56.0 Å². The summed E-state index contributed by atoms with van der Waals surface area (Å²) >= 11 is 0. The summed E-state index contributed by atoms with van der Waals surface area (Å²) in [5.74, 6) is -2.98. The highest BCUT2D eigenvalue weighted by Crippen LogP contribution is 2.47. The quantitative estimate of drug-likeness (QED) is 0.144. The first-order valence-electron chi connectivity index (χ1n) is 14.3. The first-order valence-corrected chi connectivity index (χ1v) is 14.3. The number of phenols is 1. The number of carboxylic acids is 1. The number of aliphatic hydroxyl groups excluding tert-OH is 2. The molecule has 2 aliphatic rings. The van der Waals surface area contributed by atoms with E-state index in [2.05, 4.69) is 0 Å². The molecule has 1 saturated heterocycles. The average molecular weight is 542 g/mol. The van der Waals surface area contributed by atoms with Gasteiger partial charge in [0.15, 0.2) is 0 Å². The second-order valence-electron chi connectivity index (χ2n) is 10.8. The Hall–Kier alpha value is -2.97. The van der Waals surface area contributed by atoms with Gasteiger partial charge in [0.1, 0.15) is 5.75 Å². The molecule has 0 aromatic heterocycles. The van der Waals surface area contributed by atoms with E-state index in [4.69, 9.17) is 5.11 Å². The van der Waals surface area contributed by atoms with Gasteiger partial charge >= 0.3 is 5.97 Å². The van der Waals surface area contributed by atoms with E-state index in [-0.39, 0.29) is 37.1 Å². The van der Waals surface area contributed by atoms with E-state index in [1.165, 1.54) is 4.90 Å². The number of allylic oxidation sites excluding steroid dienone is 2. The summed E-state index contributed by atoms with van der Waals surface area (Å²) in [5, 5.41) is 40.5. The maximum absolute atomic E-state index is 13.4. The predicted octanol–water partition coefficient (Wildman–Crippen LogP) is 4.68. The van der Waals surface area contributed by atoms with Gasteiger partial charge in [0.2, 0.25) is 11.8 Å². The van der Waals surface area contributed by atoms with E-state index in [0.717, 1.165) is 35.1 Å². The summed E-state index contributed by atoms with van der Waals surface area (Å²) in [5.41, 5.74) is 3.70. The van der Waals surface area contributed by atoms with E-state index < -0.39 is 29.8 Å². The number of rotatable bonds is 15. The second-order valence-corrected chi connectivity index (χ2v) is 10.8. The number of carbonyl (C=O) groups excluding carboxylic acids is 2. The Morgan fingerprint density at radius 3 is 2.54 bits per heavy atom. The highest BCUT2D eigenvalue weighted by atomic mass is 16.4. The molecule has 8 heteroatoms. The van der Waals surface area contributed by atoms with Crippen LogP contribution in [-0.4, -0.2) is 62.4 Å². The van der Waals surface area contributed by atoms with E-state index in [9.17, 15) is 29.7 Å². The van der Waals surface area contributed by atoms with Crippen molar-refractivity contribution in [2.75, 3.05) is 13.2 Å². The smallest absolute Gasteiger partial charge is 0.303 e. The standard InChI is InChI=1S/C31H43NO7/c1-3-9-22-18-24-29(31(39)32(30(24)38)15-7-5-6-12-27(36)37)25(19-33)28(22)26(35)14-13-20(4-2)16-21-10-8-11-23(34)17-21/h8,10-11,16-17,24-26,29,33-35H,3-7,9,12-15,18-19H2,1-2H3,(H,36,37)/b20-16+/t24-,25+,26-,29-/m1/s1. The number of amides is 2. The van der Waals surface area contributed by atoms with Crippen molar-refractivity contribution in [2.24, 2.45) is 17.8 Å². The Labute approximate surface area is 231 Å². The molecule has 8 nitrogen and oxygen atoms in total. The number of fused-ring (bicyclic) bond motifs is 1. The molecule has 4 N–H and O–H groups in total. The SMILES string of the molecule is CCCC1=C([C@H](O)CC/C(=C/c2cccc(O)c2)CC)[C@H](CO)[C@@H]2C(=O)N(CCCCCC(=O)O)C(=O)[C@@H]2C1. The predicted molar refractivity (Wildman–Crippen MR) is 149 cm³/mol. The molecule has 0 spiro atoms. The maximum atomic E-state index is 13.4. The molecule has 1 aromatic rings. The topological polar surface area (TPSA) is 135 Å². The Morgan fingerprint density at radius 1 is 1.13 bits per heavy atom. The monoisotopic (exact) mass is 541 g/mol. The molecule has 0 saturated carbocycles. The van der Waals surface area contributed by atoms with Gasteiger partial charge in [-0.25, -0.2) is 0 Å². The number of benzene rings is 1. The third-order valence-electron chi connectivity index (χ3n) is 8.09. The zero-order valence-electron chi connectivity index (χ0n) is 23.1. The molecule has 2 amide bonds. The number of carbonyl (C=O) groups is 3. The molecular formula is C31H43NO7. The number of hydrogen-bond donors (Lipinski definition) is 4. The number of hydrogen-bond acceptors (Lipinski definition) is 6. The highest BCUT2D eigenvalue weighted by molar-refractivity contribution is 6.05. The number of aromatic hydroxyl groups is 1. The third kappa shape index (κ3) is 7.57. The number of nitrogens with zero attached hydrogens (tertiary/aromatic N) is 1. The van der Waals surface area contributed by atoms with Crippen molar-refractivity contribution in [2.45, 2.75) is 84.2 Å². The fourth-order valence-electron chi connectivity index (χ4n) is 6.19. The van der Waals surface area contributed by atoms with Crippen LogP contribution >= 0.6 is 0 Å². The summed E-state index contributed by atoms with van der Waals surface area (Å²) < 4.78 is 0. The largest absolute Gasteiger partial charge is 0.508 e. The van der Waals surface area contributed by atoms with E-state index in [1.807, 2.05) is 26.0 Å². The summed E-state index contributed by atoms with van der Waals surface area (Å²) in [6.45, 7) is 4.02. The fraction of sp³-hybridized carbons (Fsp3) is 0.581. The molecule has 214 valence electrons. The minimum Gasteiger partial charge on any atom is -0.508 e. The van der Waals surface area contributed by atoms with Crippen molar-refractivity contribution in [3.05, 3.63) is 46.5 Å². The number of aliphatic carboxylic acids is 1. The Bertz CT molecular complexity index is 1090. The minimum absolute atomic E-state index is 0.0635. The Balaban J connectivity index is 1.76. The van der Waals surface area contributed by atoms with Crippen molar-refractivity contribution >= 4 is 23.9 Å². The lowest BCUT2D eigenvalue weighted by Crippen LogP contribution is -2.39. The van der Waals surface area contributed by atoms with Gasteiger partial charge < -0.3 is 20.4 Å².